The predicted molar refractivity (Wildman–Crippen MR) is 99.5 cm³/mol. The molecule has 1 amide bonds. The van der Waals surface area contributed by atoms with Crippen molar-refractivity contribution < 1.29 is 23.9 Å². The molecule has 0 saturated carbocycles. The summed E-state index contributed by atoms with van der Waals surface area (Å²) in [5.74, 6) is -1.98. The minimum absolute atomic E-state index is 0.00625. The summed E-state index contributed by atoms with van der Waals surface area (Å²) in [6, 6.07) is 8.98. The molecular formula is C20H25NO5. The molecule has 0 aromatic heterocycles. The number of allylic oxidation sites excluding steroid dienone is 1. The van der Waals surface area contributed by atoms with E-state index in [4.69, 9.17) is 9.47 Å². The third-order valence-electron chi connectivity index (χ3n) is 4.02. The molecule has 0 fully saturated rings. The summed E-state index contributed by atoms with van der Waals surface area (Å²) < 4.78 is 9.64. The number of nitrogens with zero attached hydrogens (tertiary/aromatic N) is 1. The Labute approximate surface area is 154 Å². The fraction of sp³-hybridized carbons (Fsp3) is 0.350. The molecule has 26 heavy (non-hydrogen) atoms. The topological polar surface area (TPSA) is 72.9 Å². The van der Waals surface area contributed by atoms with E-state index in [0.29, 0.717) is 11.3 Å². The van der Waals surface area contributed by atoms with Crippen LogP contribution < -0.4 is 4.90 Å². The first-order valence-corrected chi connectivity index (χ1v) is 8.01. The SMILES string of the molecule is C=C(C)CC(CC(=C)C(=O)N(C)c1ccccc1)(C(=O)OC)C(=O)OC. The molecule has 6 heteroatoms. The van der Waals surface area contributed by atoms with Crippen LogP contribution in [0.1, 0.15) is 19.8 Å². The third-order valence-corrected chi connectivity index (χ3v) is 4.02. The average Bonchev–Trinajstić information content (AvgIpc) is 2.64. The summed E-state index contributed by atoms with van der Waals surface area (Å²) in [6.45, 7) is 9.24. The molecule has 1 aromatic carbocycles. The van der Waals surface area contributed by atoms with E-state index >= 15 is 0 Å². The Hall–Kier alpha value is -2.89. The van der Waals surface area contributed by atoms with Gasteiger partial charge in [-0.3, -0.25) is 14.4 Å². The molecule has 0 aliphatic heterocycles. The van der Waals surface area contributed by atoms with Gasteiger partial charge < -0.3 is 14.4 Å². The molecule has 0 N–H and O–H groups in total. The molecule has 1 rings (SSSR count). The van der Waals surface area contributed by atoms with Crippen LogP contribution in [-0.2, 0) is 23.9 Å². The van der Waals surface area contributed by atoms with Crippen LogP contribution in [-0.4, -0.2) is 39.1 Å². The molecular weight excluding hydrogens is 334 g/mol. The van der Waals surface area contributed by atoms with Crippen LogP contribution in [0.25, 0.3) is 0 Å². The first kappa shape index (κ1) is 21.2. The van der Waals surface area contributed by atoms with E-state index in [0.717, 1.165) is 0 Å². The molecule has 0 saturated heterocycles. The maximum absolute atomic E-state index is 12.7. The van der Waals surface area contributed by atoms with E-state index < -0.39 is 23.3 Å². The van der Waals surface area contributed by atoms with E-state index in [9.17, 15) is 14.4 Å². The smallest absolute Gasteiger partial charge is 0.323 e. The highest BCUT2D eigenvalue weighted by molar-refractivity contribution is 6.07. The number of esters is 2. The number of likely N-dealkylation sites (N-methyl/N-ethyl adjacent to an activating group) is 1. The molecule has 0 aliphatic carbocycles. The Bertz CT molecular complexity index is 692. The van der Waals surface area contributed by atoms with Gasteiger partial charge in [-0.2, -0.15) is 0 Å². The zero-order valence-electron chi connectivity index (χ0n) is 15.7. The second-order valence-electron chi connectivity index (χ2n) is 6.18. The third kappa shape index (κ3) is 4.59. The number of carbonyl (C=O) groups is 3. The largest absolute Gasteiger partial charge is 0.468 e. The molecule has 6 nitrogen and oxygen atoms in total. The van der Waals surface area contributed by atoms with Crippen molar-refractivity contribution in [2.45, 2.75) is 19.8 Å². The van der Waals surface area contributed by atoms with Crippen molar-refractivity contribution in [2.24, 2.45) is 5.41 Å². The van der Waals surface area contributed by atoms with Crippen molar-refractivity contribution in [1.29, 1.82) is 0 Å². The Balaban J connectivity index is 3.18. The number of amides is 1. The second-order valence-corrected chi connectivity index (χ2v) is 6.18. The van der Waals surface area contributed by atoms with Crippen LogP contribution in [0.3, 0.4) is 0 Å². The van der Waals surface area contributed by atoms with Gasteiger partial charge in [-0.25, -0.2) is 0 Å². The van der Waals surface area contributed by atoms with Gasteiger partial charge in [0.05, 0.1) is 14.2 Å². The van der Waals surface area contributed by atoms with E-state index in [1.54, 1.807) is 38.2 Å². The van der Waals surface area contributed by atoms with Gasteiger partial charge >= 0.3 is 11.9 Å². The quantitative estimate of drug-likeness (QED) is 0.309. The number of hydrogen-bond donors (Lipinski definition) is 0. The first-order valence-electron chi connectivity index (χ1n) is 8.01. The summed E-state index contributed by atoms with van der Waals surface area (Å²) in [5, 5.41) is 0. The van der Waals surface area contributed by atoms with Crippen molar-refractivity contribution in [1.82, 2.24) is 0 Å². The zero-order chi connectivity index (χ0) is 19.9. The van der Waals surface area contributed by atoms with Crippen LogP contribution in [0.5, 0.6) is 0 Å². The summed E-state index contributed by atoms with van der Waals surface area (Å²) in [7, 11) is 3.96. The van der Waals surface area contributed by atoms with Crippen LogP contribution >= 0.6 is 0 Å². The monoisotopic (exact) mass is 359 g/mol. The lowest BCUT2D eigenvalue weighted by molar-refractivity contribution is -0.169. The maximum atomic E-state index is 12.7. The lowest BCUT2D eigenvalue weighted by Gasteiger charge is -2.30. The van der Waals surface area contributed by atoms with Crippen molar-refractivity contribution in [3.05, 3.63) is 54.6 Å². The van der Waals surface area contributed by atoms with Gasteiger partial charge in [0.25, 0.3) is 5.91 Å². The highest BCUT2D eigenvalue weighted by Crippen LogP contribution is 2.36. The van der Waals surface area contributed by atoms with E-state index in [2.05, 4.69) is 13.2 Å². The van der Waals surface area contributed by atoms with Crippen molar-refractivity contribution >= 4 is 23.5 Å². The molecule has 0 bridgehead atoms. The number of methoxy groups -OCH3 is 2. The minimum Gasteiger partial charge on any atom is -0.468 e. The number of rotatable bonds is 8. The van der Waals surface area contributed by atoms with Crippen molar-refractivity contribution in [3.63, 3.8) is 0 Å². The Morgan fingerprint density at radius 1 is 1.00 bits per heavy atom. The van der Waals surface area contributed by atoms with Crippen molar-refractivity contribution in [2.75, 3.05) is 26.2 Å². The highest BCUT2D eigenvalue weighted by Gasteiger charge is 2.49. The lowest BCUT2D eigenvalue weighted by Crippen LogP contribution is -2.43. The van der Waals surface area contributed by atoms with E-state index in [-0.39, 0.29) is 18.4 Å². The maximum Gasteiger partial charge on any atom is 0.323 e. The van der Waals surface area contributed by atoms with Crippen LogP contribution in [0.15, 0.2) is 54.6 Å². The minimum atomic E-state index is -1.69. The fourth-order valence-corrected chi connectivity index (χ4v) is 2.79. The van der Waals surface area contributed by atoms with Crippen molar-refractivity contribution in [3.8, 4) is 0 Å². The summed E-state index contributed by atoms with van der Waals surface area (Å²) in [6.07, 6.45) is -0.233. The van der Waals surface area contributed by atoms with Gasteiger partial charge in [0.1, 0.15) is 0 Å². The van der Waals surface area contributed by atoms with Crippen LogP contribution in [0, 0.1) is 5.41 Å². The van der Waals surface area contributed by atoms with Gasteiger partial charge in [0.15, 0.2) is 5.41 Å². The molecule has 0 heterocycles. The van der Waals surface area contributed by atoms with Gasteiger partial charge in [0, 0.05) is 24.7 Å². The highest BCUT2D eigenvalue weighted by atomic mass is 16.5. The number of carbonyl (C=O) groups excluding carboxylic acids is 3. The fourth-order valence-electron chi connectivity index (χ4n) is 2.79. The zero-order valence-corrected chi connectivity index (χ0v) is 15.7. The predicted octanol–water partition coefficient (Wildman–Crippen LogP) is 2.89. The van der Waals surface area contributed by atoms with E-state index in [1.807, 2.05) is 6.07 Å². The van der Waals surface area contributed by atoms with Crippen LogP contribution in [0.4, 0.5) is 5.69 Å². The van der Waals surface area contributed by atoms with Gasteiger partial charge in [-0.15, -0.1) is 6.58 Å². The molecule has 0 spiro atoms. The van der Waals surface area contributed by atoms with Gasteiger partial charge in [-0.1, -0.05) is 30.4 Å². The number of hydrogen-bond acceptors (Lipinski definition) is 5. The Morgan fingerprint density at radius 3 is 1.92 bits per heavy atom. The summed E-state index contributed by atoms with van der Waals surface area (Å²) in [4.78, 5) is 39.0. The molecule has 0 aliphatic rings. The normalized spacial score (nSPS) is 10.6. The first-order chi connectivity index (χ1) is 12.2. The summed E-state index contributed by atoms with van der Waals surface area (Å²) >= 11 is 0. The van der Waals surface area contributed by atoms with Gasteiger partial charge in [0.2, 0.25) is 0 Å². The molecule has 0 radical (unpaired) electrons. The molecule has 0 unspecified atom stereocenters. The average molecular weight is 359 g/mol. The molecule has 0 atom stereocenters. The lowest BCUT2D eigenvalue weighted by atomic mass is 9.76. The van der Waals surface area contributed by atoms with Crippen LogP contribution in [0.2, 0.25) is 0 Å². The Kier molecular flexibility index (Phi) is 7.31. The molecule has 140 valence electrons. The Morgan fingerprint density at radius 2 is 1.50 bits per heavy atom. The number of para-hydroxylation sites is 1. The number of ether oxygens (including phenoxy) is 2. The summed E-state index contributed by atoms with van der Waals surface area (Å²) in [5.41, 5.74) is -0.356. The van der Waals surface area contributed by atoms with E-state index in [1.165, 1.54) is 19.1 Å². The molecule has 1 aromatic rings. The standard InChI is InChI=1S/C20H25NO5/c1-14(2)12-20(18(23)25-5,19(24)26-6)13-15(3)17(22)21(4)16-10-8-7-9-11-16/h7-11H,1,3,12-13H2,2,4-6H3. The van der Waals surface area contributed by atoms with Gasteiger partial charge in [-0.05, 0) is 25.5 Å². The number of benzene rings is 1. The number of anilines is 1. The second kappa shape index (κ2) is 8.99.